The van der Waals surface area contributed by atoms with E-state index in [0.29, 0.717) is 33.6 Å². The molecular weight excluding hydrogens is 531 g/mol. The van der Waals surface area contributed by atoms with E-state index in [1.165, 1.54) is 16.2 Å². The first-order valence-corrected chi connectivity index (χ1v) is 12.9. The number of aryl methyl sites for hydroxylation is 1. The molecule has 37 heavy (non-hydrogen) atoms. The van der Waals surface area contributed by atoms with Gasteiger partial charge >= 0.3 is 5.91 Å². The summed E-state index contributed by atoms with van der Waals surface area (Å²) in [5.74, 6) is -1.31. The van der Waals surface area contributed by atoms with E-state index in [-0.39, 0.29) is 16.4 Å². The van der Waals surface area contributed by atoms with Crippen molar-refractivity contribution in [1.29, 1.82) is 0 Å². The minimum atomic E-state index is -0.933. The van der Waals surface area contributed by atoms with Gasteiger partial charge in [0.15, 0.2) is 5.13 Å². The Kier molecular flexibility index (Phi) is 7.02. The van der Waals surface area contributed by atoms with Crippen LogP contribution in [0.2, 0.25) is 10.0 Å². The second-order valence-corrected chi connectivity index (χ2v) is 10.1. The zero-order valence-electron chi connectivity index (χ0n) is 19.5. The second kappa shape index (κ2) is 10.4. The number of aliphatic hydroxyl groups is 1. The Labute approximate surface area is 227 Å². The van der Waals surface area contributed by atoms with Crippen LogP contribution in [0.15, 0.2) is 83.9 Å². The highest BCUT2D eigenvalue weighted by Crippen LogP contribution is 2.43. The predicted octanol–water partition coefficient (Wildman–Crippen LogP) is 6.96. The fraction of sp³-hybridized carbons (Fsp3) is 0.107. The van der Waals surface area contributed by atoms with Crippen LogP contribution in [0.4, 0.5) is 5.13 Å². The Balaban J connectivity index is 1.51. The Bertz CT molecular complexity index is 1520. The molecule has 1 atom stereocenters. The van der Waals surface area contributed by atoms with Crippen LogP contribution >= 0.6 is 34.5 Å². The maximum Gasteiger partial charge on any atom is 0.301 e. The number of nitrogens with zero attached hydrogens (tertiary/aromatic N) is 2. The Morgan fingerprint density at radius 2 is 1.81 bits per heavy atom. The number of aliphatic hydroxyl groups excluding tert-OH is 1. The average molecular weight is 551 g/mol. The molecule has 5 rings (SSSR count). The summed E-state index contributed by atoms with van der Waals surface area (Å²) < 4.78 is 5.89. The number of rotatable bonds is 6. The summed E-state index contributed by atoms with van der Waals surface area (Å²) in [6.45, 7) is 2.42. The van der Waals surface area contributed by atoms with Crippen LogP contribution in [0.1, 0.15) is 28.3 Å². The third-order valence-corrected chi connectivity index (χ3v) is 7.62. The van der Waals surface area contributed by atoms with E-state index >= 15 is 0 Å². The first-order chi connectivity index (χ1) is 17.8. The lowest BCUT2D eigenvalue weighted by Gasteiger charge is -2.23. The molecule has 6 nitrogen and oxygen atoms in total. The Hall–Kier alpha value is -3.65. The molecule has 1 unspecified atom stereocenters. The fourth-order valence-corrected chi connectivity index (χ4v) is 5.13. The van der Waals surface area contributed by atoms with Crippen molar-refractivity contribution in [2.45, 2.75) is 19.6 Å². The van der Waals surface area contributed by atoms with Crippen LogP contribution in [0.5, 0.6) is 5.75 Å². The molecule has 186 valence electrons. The zero-order valence-corrected chi connectivity index (χ0v) is 21.8. The highest BCUT2D eigenvalue weighted by atomic mass is 35.5. The lowest BCUT2D eigenvalue weighted by Crippen LogP contribution is -2.29. The molecule has 0 spiro atoms. The number of ether oxygens (including phenoxy) is 1. The molecule has 1 saturated heterocycles. The Morgan fingerprint density at radius 1 is 1.05 bits per heavy atom. The van der Waals surface area contributed by atoms with Crippen molar-refractivity contribution >= 4 is 57.1 Å². The number of carbonyl (C=O) groups is 2. The van der Waals surface area contributed by atoms with Crippen molar-refractivity contribution in [1.82, 2.24) is 4.98 Å². The Morgan fingerprint density at radius 3 is 2.49 bits per heavy atom. The molecule has 1 aliphatic rings. The van der Waals surface area contributed by atoms with Crippen LogP contribution in [0, 0.1) is 6.92 Å². The lowest BCUT2D eigenvalue weighted by atomic mass is 9.95. The number of hydrogen-bond donors (Lipinski definition) is 1. The van der Waals surface area contributed by atoms with Crippen molar-refractivity contribution in [3.8, 4) is 5.75 Å². The standard InChI is InChI=1S/C28H20Cl2N2O4S/c1-16-4-2-3-5-19(16)15-36-20-9-6-17(7-10-20)25(33)23-24(18-8-11-21(29)22(30)14-18)32(27(35)26(23)34)28-31-12-13-37-28/h2-14,24,33H,15H2,1H3. The summed E-state index contributed by atoms with van der Waals surface area (Å²) in [6, 6.07) is 18.5. The van der Waals surface area contributed by atoms with Gasteiger partial charge in [-0.25, -0.2) is 4.98 Å². The normalized spacial score (nSPS) is 16.8. The van der Waals surface area contributed by atoms with Gasteiger partial charge in [0.1, 0.15) is 18.1 Å². The summed E-state index contributed by atoms with van der Waals surface area (Å²) in [5.41, 5.74) is 3.02. The number of amides is 1. The summed E-state index contributed by atoms with van der Waals surface area (Å²) in [5, 5.41) is 13.9. The zero-order chi connectivity index (χ0) is 26.1. The molecule has 1 aliphatic heterocycles. The highest BCUT2D eigenvalue weighted by Gasteiger charge is 2.48. The smallest absolute Gasteiger partial charge is 0.301 e. The van der Waals surface area contributed by atoms with Gasteiger partial charge in [0, 0.05) is 17.1 Å². The molecule has 0 aliphatic carbocycles. The number of halogens is 2. The molecule has 3 aromatic carbocycles. The topological polar surface area (TPSA) is 79.7 Å². The van der Waals surface area contributed by atoms with E-state index in [0.717, 1.165) is 11.1 Å². The van der Waals surface area contributed by atoms with E-state index in [9.17, 15) is 14.7 Å². The summed E-state index contributed by atoms with van der Waals surface area (Å²) in [4.78, 5) is 31.8. The van der Waals surface area contributed by atoms with Gasteiger partial charge in [-0.15, -0.1) is 11.3 Å². The molecule has 1 fully saturated rings. The van der Waals surface area contributed by atoms with Crippen molar-refractivity contribution in [3.63, 3.8) is 0 Å². The maximum atomic E-state index is 13.2. The first kappa shape index (κ1) is 25.0. The molecule has 9 heteroatoms. The third kappa shape index (κ3) is 4.85. The monoisotopic (exact) mass is 550 g/mol. The molecule has 2 heterocycles. The van der Waals surface area contributed by atoms with Crippen LogP contribution < -0.4 is 9.64 Å². The fourth-order valence-electron chi connectivity index (χ4n) is 4.16. The van der Waals surface area contributed by atoms with Gasteiger partial charge in [0.2, 0.25) is 0 Å². The minimum absolute atomic E-state index is 0.0628. The van der Waals surface area contributed by atoms with Gasteiger partial charge in [0.25, 0.3) is 5.78 Å². The largest absolute Gasteiger partial charge is 0.507 e. The van der Waals surface area contributed by atoms with Gasteiger partial charge in [-0.2, -0.15) is 0 Å². The van der Waals surface area contributed by atoms with E-state index in [4.69, 9.17) is 27.9 Å². The SMILES string of the molecule is Cc1ccccc1COc1ccc(C(O)=C2C(=O)C(=O)N(c3nccs3)C2c2ccc(Cl)c(Cl)c2)cc1. The molecule has 1 aromatic heterocycles. The number of thiazole rings is 1. The average Bonchev–Trinajstić information content (AvgIpc) is 3.52. The molecule has 1 N–H and O–H groups in total. The molecule has 1 amide bonds. The van der Waals surface area contributed by atoms with Crippen molar-refractivity contribution in [3.05, 3.63) is 116 Å². The van der Waals surface area contributed by atoms with Crippen LogP contribution in [0.25, 0.3) is 5.76 Å². The van der Waals surface area contributed by atoms with Gasteiger partial charge in [-0.05, 0) is 60.0 Å². The van der Waals surface area contributed by atoms with E-state index in [1.807, 2.05) is 31.2 Å². The first-order valence-electron chi connectivity index (χ1n) is 11.3. The van der Waals surface area contributed by atoms with Gasteiger partial charge < -0.3 is 9.84 Å². The molecule has 0 radical (unpaired) electrons. The van der Waals surface area contributed by atoms with E-state index < -0.39 is 17.7 Å². The van der Waals surface area contributed by atoms with Gasteiger partial charge in [-0.1, -0.05) is 53.5 Å². The van der Waals surface area contributed by atoms with Gasteiger partial charge in [-0.3, -0.25) is 14.5 Å². The number of aromatic nitrogens is 1. The highest BCUT2D eigenvalue weighted by molar-refractivity contribution is 7.14. The lowest BCUT2D eigenvalue weighted by molar-refractivity contribution is -0.132. The van der Waals surface area contributed by atoms with Crippen LogP contribution in [-0.2, 0) is 16.2 Å². The maximum absolute atomic E-state index is 13.2. The molecular formula is C28H20Cl2N2O4S. The van der Waals surface area contributed by atoms with Gasteiger partial charge in [0.05, 0.1) is 21.7 Å². The number of ketones is 1. The van der Waals surface area contributed by atoms with Crippen molar-refractivity contribution in [2.24, 2.45) is 0 Å². The molecule has 0 saturated carbocycles. The second-order valence-electron chi connectivity index (χ2n) is 8.40. The number of carbonyl (C=O) groups excluding carboxylic acids is 2. The number of anilines is 1. The number of hydrogen-bond acceptors (Lipinski definition) is 6. The van der Waals surface area contributed by atoms with E-state index in [1.54, 1.807) is 54.0 Å². The minimum Gasteiger partial charge on any atom is -0.507 e. The summed E-state index contributed by atoms with van der Waals surface area (Å²) in [6.07, 6.45) is 1.54. The number of benzene rings is 3. The van der Waals surface area contributed by atoms with E-state index in [2.05, 4.69) is 4.98 Å². The summed E-state index contributed by atoms with van der Waals surface area (Å²) in [7, 11) is 0. The van der Waals surface area contributed by atoms with Crippen molar-refractivity contribution < 1.29 is 19.4 Å². The molecule has 0 bridgehead atoms. The van der Waals surface area contributed by atoms with Crippen LogP contribution in [0.3, 0.4) is 0 Å². The molecule has 4 aromatic rings. The van der Waals surface area contributed by atoms with Crippen LogP contribution in [-0.4, -0.2) is 21.8 Å². The predicted molar refractivity (Wildman–Crippen MR) is 145 cm³/mol. The third-order valence-electron chi connectivity index (χ3n) is 6.11. The number of Topliss-reactive ketones (excluding diaryl/α,β-unsaturated/α-hetero) is 1. The van der Waals surface area contributed by atoms with Crippen molar-refractivity contribution in [2.75, 3.05) is 4.90 Å². The summed E-state index contributed by atoms with van der Waals surface area (Å²) >= 11 is 13.6. The quantitative estimate of drug-likeness (QED) is 0.159.